The molecule has 126 valence electrons. The molecule has 1 aliphatic heterocycles. The number of piperidine rings is 1. The summed E-state index contributed by atoms with van der Waals surface area (Å²) in [5.74, 6) is 0.903. The van der Waals surface area contributed by atoms with Crippen LogP contribution < -0.4 is 4.74 Å². The fourth-order valence-corrected chi connectivity index (χ4v) is 4.11. The standard InChI is InChI=1S/C20H25N3O/c1-16-4-2-5-17(22-16)15-23-10-7-20(8-11-23)12-19(13-20)24-18-6-3-9-21-14-18/h2-6,9,14,19H,7-8,10-13,15H2,1H3. The summed E-state index contributed by atoms with van der Waals surface area (Å²) in [4.78, 5) is 11.3. The highest BCUT2D eigenvalue weighted by molar-refractivity contribution is 5.17. The van der Waals surface area contributed by atoms with Gasteiger partial charge in [0, 0.05) is 18.4 Å². The van der Waals surface area contributed by atoms with E-state index in [0.717, 1.165) is 18.0 Å². The summed E-state index contributed by atoms with van der Waals surface area (Å²) >= 11 is 0. The van der Waals surface area contributed by atoms with Crippen LogP contribution in [0.4, 0.5) is 0 Å². The third kappa shape index (κ3) is 3.44. The van der Waals surface area contributed by atoms with E-state index in [2.05, 4.69) is 40.0 Å². The molecule has 1 aliphatic carbocycles. The quantitative estimate of drug-likeness (QED) is 0.861. The van der Waals surface area contributed by atoms with E-state index in [0.29, 0.717) is 11.5 Å². The number of rotatable bonds is 4. The van der Waals surface area contributed by atoms with Gasteiger partial charge in [0.15, 0.2) is 0 Å². The summed E-state index contributed by atoms with van der Waals surface area (Å²) in [6.45, 7) is 5.39. The van der Waals surface area contributed by atoms with Crippen molar-refractivity contribution >= 4 is 0 Å². The second kappa shape index (κ2) is 6.52. The lowest BCUT2D eigenvalue weighted by Gasteiger charge is -2.51. The fraction of sp³-hybridized carbons (Fsp3) is 0.500. The first-order chi connectivity index (χ1) is 11.7. The van der Waals surface area contributed by atoms with Crippen molar-refractivity contribution in [3.8, 4) is 5.75 Å². The number of hydrogen-bond donors (Lipinski definition) is 0. The van der Waals surface area contributed by atoms with Crippen LogP contribution in [0.15, 0.2) is 42.7 Å². The molecule has 1 saturated carbocycles. The molecule has 2 aromatic heterocycles. The third-order valence-electron chi connectivity index (χ3n) is 5.51. The summed E-state index contributed by atoms with van der Waals surface area (Å²) in [5.41, 5.74) is 2.82. The van der Waals surface area contributed by atoms with Crippen LogP contribution in [0.1, 0.15) is 37.1 Å². The van der Waals surface area contributed by atoms with Crippen LogP contribution in [0.25, 0.3) is 0 Å². The van der Waals surface area contributed by atoms with E-state index >= 15 is 0 Å². The Bertz CT molecular complexity index is 672. The molecule has 24 heavy (non-hydrogen) atoms. The Morgan fingerprint density at radius 3 is 2.71 bits per heavy atom. The molecule has 0 atom stereocenters. The van der Waals surface area contributed by atoms with Crippen molar-refractivity contribution in [2.45, 2.75) is 45.3 Å². The minimum atomic E-state index is 0.374. The number of aromatic nitrogens is 2. The van der Waals surface area contributed by atoms with Gasteiger partial charge in [-0.2, -0.15) is 0 Å². The van der Waals surface area contributed by atoms with Gasteiger partial charge in [0.05, 0.1) is 18.0 Å². The zero-order chi connectivity index (χ0) is 16.4. The lowest BCUT2D eigenvalue weighted by Crippen LogP contribution is -2.50. The minimum absolute atomic E-state index is 0.374. The number of hydrogen-bond acceptors (Lipinski definition) is 4. The largest absolute Gasteiger partial charge is 0.489 e. The Kier molecular flexibility index (Phi) is 4.23. The molecule has 0 radical (unpaired) electrons. The van der Waals surface area contributed by atoms with Crippen molar-refractivity contribution in [3.05, 3.63) is 54.1 Å². The molecule has 0 N–H and O–H groups in total. The van der Waals surface area contributed by atoms with Gasteiger partial charge in [-0.05, 0) is 75.4 Å². The second-order valence-corrected chi connectivity index (χ2v) is 7.38. The first-order valence-corrected chi connectivity index (χ1v) is 8.92. The normalized spacial score (nSPS) is 20.7. The topological polar surface area (TPSA) is 38.2 Å². The zero-order valence-electron chi connectivity index (χ0n) is 14.3. The smallest absolute Gasteiger partial charge is 0.137 e. The molecule has 0 amide bonds. The lowest BCUT2D eigenvalue weighted by molar-refractivity contribution is -0.0567. The maximum atomic E-state index is 6.03. The maximum Gasteiger partial charge on any atom is 0.137 e. The number of aryl methyl sites for hydroxylation is 1. The summed E-state index contributed by atoms with van der Waals surface area (Å²) in [7, 11) is 0. The molecule has 3 heterocycles. The van der Waals surface area contributed by atoms with Crippen molar-refractivity contribution < 1.29 is 4.74 Å². The van der Waals surface area contributed by atoms with E-state index in [1.54, 1.807) is 6.20 Å². The van der Waals surface area contributed by atoms with Crippen LogP contribution in [0.3, 0.4) is 0 Å². The molecule has 2 fully saturated rings. The maximum absolute atomic E-state index is 6.03. The van der Waals surface area contributed by atoms with Gasteiger partial charge in [-0.3, -0.25) is 14.9 Å². The van der Waals surface area contributed by atoms with Gasteiger partial charge in [0.2, 0.25) is 0 Å². The third-order valence-corrected chi connectivity index (χ3v) is 5.51. The Morgan fingerprint density at radius 2 is 2.00 bits per heavy atom. The number of ether oxygens (including phenoxy) is 1. The molecule has 2 aromatic rings. The van der Waals surface area contributed by atoms with E-state index in [9.17, 15) is 0 Å². The molecule has 4 nitrogen and oxygen atoms in total. The molecule has 4 rings (SSSR count). The van der Waals surface area contributed by atoms with E-state index in [4.69, 9.17) is 4.74 Å². The summed E-state index contributed by atoms with van der Waals surface area (Å²) in [5, 5.41) is 0. The van der Waals surface area contributed by atoms with Crippen LogP contribution in [-0.4, -0.2) is 34.1 Å². The average molecular weight is 323 g/mol. The molecule has 1 spiro atoms. The van der Waals surface area contributed by atoms with Gasteiger partial charge in [-0.15, -0.1) is 0 Å². The van der Waals surface area contributed by atoms with Gasteiger partial charge in [-0.25, -0.2) is 0 Å². The van der Waals surface area contributed by atoms with Crippen LogP contribution in [-0.2, 0) is 6.54 Å². The zero-order valence-corrected chi connectivity index (χ0v) is 14.3. The van der Waals surface area contributed by atoms with Crippen LogP contribution >= 0.6 is 0 Å². The molecular formula is C20H25N3O. The van der Waals surface area contributed by atoms with E-state index in [-0.39, 0.29) is 0 Å². The minimum Gasteiger partial charge on any atom is -0.489 e. The summed E-state index contributed by atoms with van der Waals surface area (Å²) < 4.78 is 6.03. The monoisotopic (exact) mass is 323 g/mol. The Hall–Kier alpha value is -1.94. The Morgan fingerprint density at radius 1 is 1.17 bits per heavy atom. The highest BCUT2D eigenvalue weighted by Gasteiger charge is 2.47. The SMILES string of the molecule is Cc1cccc(CN2CCC3(CC2)CC(Oc2cccnc2)C3)n1. The van der Waals surface area contributed by atoms with Crippen LogP contribution in [0, 0.1) is 12.3 Å². The highest BCUT2D eigenvalue weighted by Crippen LogP contribution is 2.50. The van der Waals surface area contributed by atoms with Crippen molar-refractivity contribution in [2.75, 3.05) is 13.1 Å². The molecule has 0 unspecified atom stereocenters. The van der Waals surface area contributed by atoms with Gasteiger partial charge >= 0.3 is 0 Å². The lowest BCUT2D eigenvalue weighted by atomic mass is 9.61. The number of likely N-dealkylation sites (tertiary alicyclic amines) is 1. The molecule has 2 aliphatic rings. The van der Waals surface area contributed by atoms with Crippen molar-refractivity contribution in [1.29, 1.82) is 0 Å². The van der Waals surface area contributed by atoms with Gasteiger partial charge in [0.25, 0.3) is 0 Å². The first kappa shape index (κ1) is 15.6. The van der Waals surface area contributed by atoms with E-state index < -0.39 is 0 Å². The predicted octanol–water partition coefficient (Wildman–Crippen LogP) is 3.61. The Balaban J connectivity index is 1.25. The summed E-state index contributed by atoms with van der Waals surface area (Å²) in [6, 6.07) is 10.2. The average Bonchev–Trinajstić information content (AvgIpc) is 2.56. The van der Waals surface area contributed by atoms with Crippen molar-refractivity contribution in [3.63, 3.8) is 0 Å². The van der Waals surface area contributed by atoms with Crippen LogP contribution in [0.2, 0.25) is 0 Å². The van der Waals surface area contributed by atoms with E-state index in [1.165, 1.54) is 44.5 Å². The molecule has 0 aromatic carbocycles. The highest BCUT2D eigenvalue weighted by atomic mass is 16.5. The molecule has 1 saturated heterocycles. The van der Waals surface area contributed by atoms with Gasteiger partial charge in [0.1, 0.15) is 5.75 Å². The predicted molar refractivity (Wildman–Crippen MR) is 93.8 cm³/mol. The Labute approximate surface area is 143 Å². The number of nitrogens with zero attached hydrogens (tertiary/aromatic N) is 3. The van der Waals surface area contributed by atoms with Crippen molar-refractivity contribution in [2.24, 2.45) is 5.41 Å². The molecule has 0 bridgehead atoms. The van der Waals surface area contributed by atoms with E-state index in [1.807, 2.05) is 18.3 Å². The first-order valence-electron chi connectivity index (χ1n) is 8.92. The summed E-state index contributed by atoms with van der Waals surface area (Å²) in [6.07, 6.45) is 8.92. The second-order valence-electron chi connectivity index (χ2n) is 7.38. The van der Waals surface area contributed by atoms with Crippen molar-refractivity contribution in [1.82, 2.24) is 14.9 Å². The van der Waals surface area contributed by atoms with Gasteiger partial charge < -0.3 is 4.74 Å². The van der Waals surface area contributed by atoms with Gasteiger partial charge in [-0.1, -0.05) is 6.07 Å². The molecule has 4 heteroatoms. The molecular weight excluding hydrogens is 298 g/mol. The number of pyridine rings is 2. The van der Waals surface area contributed by atoms with Crippen LogP contribution in [0.5, 0.6) is 5.75 Å². The fourth-order valence-electron chi connectivity index (χ4n) is 4.11.